The van der Waals surface area contributed by atoms with Gasteiger partial charge in [0.2, 0.25) is 0 Å². The van der Waals surface area contributed by atoms with Crippen molar-refractivity contribution in [3.8, 4) is 0 Å². The first-order valence-corrected chi connectivity index (χ1v) is 1.55. The van der Waals surface area contributed by atoms with Crippen molar-refractivity contribution in [2.75, 3.05) is 0 Å². The minimum Gasteiger partial charge on any atom is -0.750 e. The van der Waals surface area contributed by atoms with Gasteiger partial charge in [0.15, 0.2) is 0 Å². The summed E-state index contributed by atoms with van der Waals surface area (Å²) in [5.41, 5.74) is 0. The van der Waals surface area contributed by atoms with E-state index in [9.17, 15) is 0 Å². The van der Waals surface area contributed by atoms with Crippen LogP contribution in [0.5, 0.6) is 0 Å². The number of rotatable bonds is 0. The molecule has 5 heavy (non-hydrogen) atoms. The van der Waals surface area contributed by atoms with Crippen LogP contribution in [0.25, 0.3) is 0 Å². The van der Waals surface area contributed by atoms with Crippen molar-refractivity contribution in [3.05, 3.63) is 0 Å². The molecular formula is H2ClO3S-. The molecular weight excluding hydrogens is 116 g/mol. The van der Waals surface area contributed by atoms with Gasteiger partial charge >= 0.3 is 0 Å². The maximum absolute atomic E-state index is 8.56. The third-order valence-electron chi connectivity index (χ3n) is 0. The standard InChI is InChI=1S/ClH.H2O3S/c;1-4(2)3/h1H;(H2,1,2,3)/p-1. The average molecular weight is 118 g/mol. The molecule has 0 bridgehead atoms. The van der Waals surface area contributed by atoms with Crippen LogP contribution in [0.3, 0.4) is 0 Å². The Morgan fingerprint density at radius 3 is 1.80 bits per heavy atom. The fourth-order valence-electron chi connectivity index (χ4n) is 0. The molecule has 0 radical (unpaired) electrons. The minimum absolute atomic E-state index is 0. The Morgan fingerprint density at radius 2 is 1.80 bits per heavy atom. The zero-order valence-corrected chi connectivity index (χ0v) is 3.71. The van der Waals surface area contributed by atoms with Gasteiger partial charge in [-0.3, -0.25) is 0 Å². The van der Waals surface area contributed by atoms with Crippen molar-refractivity contribution in [2.24, 2.45) is 0 Å². The van der Waals surface area contributed by atoms with Crippen LogP contribution in [-0.2, 0) is 11.4 Å². The van der Waals surface area contributed by atoms with Gasteiger partial charge < -0.3 is 9.11 Å². The molecule has 34 valence electrons. The van der Waals surface area contributed by atoms with Gasteiger partial charge in [0, 0.05) is 0 Å². The summed E-state index contributed by atoms with van der Waals surface area (Å²) in [6.07, 6.45) is 0. The predicted octanol–water partition coefficient (Wildman–Crippen LogP) is -0.240. The van der Waals surface area contributed by atoms with Gasteiger partial charge in [-0.1, -0.05) is 0 Å². The molecule has 0 aliphatic rings. The molecule has 3 nitrogen and oxygen atoms in total. The second-order valence-corrected chi connectivity index (χ2v) is 0.651. The highest BCUT2D eigenvalue weighted by atomic mass is 35.5. The molecule has 0 saturated carbocycles. The Bertz CT molecular complexity index is 29.9. The van der Waals surface area contributed by atoms with Crippen molar-refractivity contribution in [2.45, 2.75) is 0 Å². The molecule has 0 spiro atoms. The van der Waals surface area contributed by atoms with E-state index in [0.29, 0.717) is 0 Å². The second-order valence-electron chi connectivity index (χ2n) is 0.217. The molecule has 0 aliphatic heterocycles. The molecule has 1 atom stereocenters. The number of hydrogen-bond acceptors (Lipinski definition) is 2. The largest absolute Gasteiger partial charge is 0.750 e. The molecule has 0 aromatic rings. The van der Waals surface area contributed by atoms with Crippen molar-refractivity contribution in [1.29, 1.82) is 0 Å². The molecule has 0 fully saturated rings. The van der Waals surface area contributed by atoms with Crippen molar-refractivity contribution in [3.63, 3.8) is 0 Å². The lowest BCUT2D eigenvalue weighted by atomic mass is 15.8. The lowest BCUT2D eigenvalue weighted by Crippen LogP contribution is -1.75. The van der Waals surface area contributed by atoms with Gasteiger partial charge in [-0.05, 0) is 0 Å². The highest BCUT2D eigenvalue weighted by molar-refractivity contribution is 7.73. The minimum atomic E-state index is -2.86. The number of hydrogen-bond donors (Lipinski definition) is 1. The van der Waals surface area contributed by atoms with Gasteiger partial charge in [-0.2, -0.15) is 0 Å². The molecule has 1 unspecified atom stereocenters. The van der Waals surface area contributed by atoms with Crippen LogP contribution in [-0.4, -0.2) is 13.3 Å². The molecule has 0 heterocycles. The highest BCUT2D eigenvalue weighted by Gasteiger charge is 1.42. The molecule has 0 amide bonds. The highest BCUT2D eigenvalue weighted by Crippen LogP contribution is 1.43. The van der Waals surface area contributed by atoms with Crippen LogP contribution >= 0.6 is 12.4 Å². The first-order chi connectivity index (χ1) is 1.73. The first-order valence-electron chi connectivity index (χ1n) is 0.516. The van der Waals surface area contributed by atoms with Crippen molar-refractivity contribution < 1.29 is 13.3 Å². The maximum Gasteiger partial charge on any atom is 0.0814 e. The third-order valence-corrected chi connectivity index (χ3v) is 0. The van der Waals surface area contributed by atoms with E-state index in [1.807, 2.05) is 0 Å². The SMILES string of the molecule is Cl.O=S([O-])O. The average Bonchev–Trinajstić information content (AvgIpc) is 0.811. The Morgan fingerprint density at radius 1 is 1.80 bits per heavy atom. The van der Waals surface area contributed by atoms with Crippen LogP contribution in [0.4, 0.5) is 0 Å². The Balaban J connectivity index is 0. The Labute approximate surface area is 37.9 Å². The third kappa shape index (κ3) is 187. The van der Waals surface area contributed by atoms with E-state index >= 15 is 0 Å². The molecule has 0 aromatic carbocycles. The lowest BCUT2D eigenvalue weighted by molar-refractivity contribution is 0.436. The summed E-state index contributed by atoms with van der Waals surface area (Å²) in [6, 6.07) is 0. The number of halogens is 1. The van der Waals surface area contributed by atoms with E-state index in [-0.39, 0.29) is 12.4 Å². The molecule has 0 saturated heterocycles. The Kier molecular flexibility index (Phi) is 7.87. The summed E-state index contributed by atoms with van der Waals surface area (Å²) < 4.78 is 24.1. The first kappa shape index (κ1) is 9.03. The zero-order chi connectivity index (χ0) is 3.58. The van der Waals surface area contributed by atoms with E-state index in [0.717, 1.165) is 0 Å². The lowest BCUT2D eigenvalue weighted by Gasteiger charge is -1.83. The summed E-state index contributed by atoms with van der Waals surface area (Å²) >= 11 is -2.86. The molecule has 5 heteroatoms. The van der Waals surface area contributed by atoms with Crippen molar-refractivity contribution >= 4 is 23.8 Å². The smallest absolute Gasteiger partial charge is 0.0814 e. The van der Waals surface area contributed by atoms with Gasteiger partial charge in [-0.15, -0.1) is 12.4 Å². The maximum atomic E-state index is 8.56. The van der Waals surface area contributed by atoms with Gasteiger partial charge in [0.25, 0.3) is 0 Å². The van der Waals surface area contributed by atoms with Crippen LogP contribution in [0, 0.1) is 0 Å². The fraction of sp³-hybridized carbons (Fsp3) is 0. The quantitative estimate of drug-likeness (QED) is 0.446. The van der Waals surface area contributed by atoms with Gasteiger partial charge in [0.1, 0.15) is 0 Å². The van der Waals surface area contributed by atoms with E-state index < -0.39 is 11.4 Å². The normalized spacial score (nSPS) is 12.4. The van der Waals surface area contributed by atoms with Crippen LogP contribution in [0.2, 0.25) is 0 Å². The molecule has 0 rings (SSSR count). The predicted molar refractivity (Wildman–Crippen MR) is 18.8 cm³/mol. The van der Waals surface area contributed by atoms with Crippen LogP contribution < -0.4 is 0 Å². The van der Waals surface area contributed by atoms with Crippen molar-refractivity contribution in [1.82, 2.24) is 0 Å². The molecule has 0 aliphatic carbocycles. The van der Waals surface area contributed by atoms with Gasteiger partial charge in [-0.25, -0.2) is 4.21 Å². The molecule has 1 N–H and O–H groups in total. The van der Waals surface area contributed by atoms with Gasteiger partial charge in [0.05, 0.1) is 11.4 Å². The van der Waals surface area contributed by atoms with E-state index in [4.69, 9.17) is 13.3 Å². The van der Waals surface area contributed by atoms with Crippen LogP contribution in [0.1, 0.15) is 0 Å². The summed E-state index contributed by atoms with van der Waals surface area (Å²) in [5.74, 6) is 0. The van der Waals surface area contributed by atoms with E-state index in [1.54, 1.807) is 0 Å². The van der Waals surface area contributed by atoms with E-state index in [1.165, 1.54) is 0 Å². The zero-order valence-electron chi connectivity index (χ0n) is 2.08. The fourth-order valence-corrected chi connectivity index (χ4v) is 0. The van der Waals surface area contributed by atoms with Crippen LogP contribution in [0.15, 0.2) is 0 Å². The Hall–Kier alpha value is 0.360. The second kappa shape index (κ2) is 4.36. The summed E-state index contributed by atoms with van der Waals surface area (Å²) in [5, 5.41) is 0. The van der Waals surface area contributed by atoms with E-state index in [2.05, 4.69) is 0 Å². The topological polar surface area (TPSA) is 60.4 Å². The monoisotopic (exact) mass is 117 g/mol. The summed E-state index contributed by atoms with van der Waals surface area (Å²) in [4.78, 5) is 0. The molecule has 0 aromatic heterocycles. The summed E-state index contributed by atoms with van der Waals surface area (Å²) in [6.45, 7) is 0. The summed E-state index contributed by atoms with van der Waals surface area (Å²) in [7, 11) is 0.